The molecule has 0 atom stereocenters. The van der Waals surface area contributed by atoms with Crippen LogP contribution in [0, 0.1) is 13.8 Å². The highest BCUT2D eigenvalue weighted by Crippen LogP contribution is 2.23. The Balaban J connectivity index is 2.61. The van der Waals surface area contributed by atoms with Gasteiger partial charge < -0.3 is 10.1 Å². The molecule has 5 heteroatoms. The van der Waals surface area contributed by atoms with Crippen LogP contribution >= 0.6 is 15.9 Å². The molecule has 0 saturated heterocycles. The molecule has 0 bridgehead atoms. The van der Waals surface area contributed by atoms with E-state index in [1.165, 1.54) is 6.92 Å². The minimum Gasteiger partial charge on any atom is -0.493 e. The SMILES string of the molecule is Cc1ccc(-c2nc(O)c(C)c(=O)[nH]2)cc1Br. The van der Waals surface area contributed by atoms with Gasteiger partial charge in [-0.3, -0.25) is 4.79 Å². The molecule has 0 aliphatic heterocycles. The first-order valence-corrected chi connectivity index (χ1v) is 5.84. The van der Waals surface area contributed by atoms with Crippen molar-refractivity contribution in [3.05, 3.63) is 44.2 Å². The van der Waals surface area contributed by atoms with Gasteiger partial charge in [-0.1, -0.05) is 28.1 Å². The number of aromatic amines is 1. The van der Waals surface area contributed by atoms with Crippen LogP contribution in [0.4, 0.5) is 0 Å². The summed E-state index contributed by atoms with van der Waals surface area (Å²) in [5.74, 6) is 0.124. The van der Waals surface area contributed by atoms with Gasteiger partial charge in [0.15, 0.2) is 0 Å². The summed E-state index contributed by atoms with van der Waals surface area (Å²) in [5, 5.41) is 9.52. The first-order valence-electron chi connectivity index (χ1n) is 5.05. The van der Waals surface area contributed by atoms with Crippen molar-refractivity contribution in [3.63, 3.8) is 0 Å². The summed E-state index contributed by atoms with van der Waals surface area (Å²) in [5.41, 5.74) is 1.73. The van der Waals surface area contributed by atoms with E-state index in [0.29, 0.717) is 5.82 Å². The third kappa shape index (κ3) is 2.24. The number of nitrogens with zero attached hydrogens (tertiary/aromatic N) is 1. The molecule has 2 N–H and O–H groups in total. The molecule has 1 aromatic carbocycles. The quantitative estimate of drug-likeness (QED) is 0.849. The van der Waals surface area contributed by atoms with Gasteiger partial charge in [-0.05, 0) is 25.5 Å². The number of hydrogen-bond acceptors (Lipinski definition) is 3. The number of hydrogen-bond donors (Lipinski definition) is 2. The molecule has 1 heterocycles. The number of aryl methyl sites for hydroxylation is 1. The summed E-state index contributed by atoms with van der Waals surface area (Å²) >= 11 is 3.41. The Morgan fingerprint density at radius 3 is 2.65 bits per heavy atom. The van der Waals surface area contributed by atoms with Gasteiger partial charge >= 0.3 is 0 Å². The largest absolute Gasteiger partial charge is 0.493 e. The van der Waals surface area contributed by atoms with E-state index in [2.05, 4.69) is 25.9 Å². The molecule has 2 rings (SSSR count). The number of benzene rings is 1. The number of halogens is 1. The topological polar surface area (TPSA) is 66.0 Å². The van der Waals surface area contributed by atoms with E-state index >= 15 is 0 Å². The second kappa shape index (κ2) is 4.33. The van der Waals surface area contributed by atoms with E-state index in [0.717, 1.165) is 15.6 Å². The summed E-state index contributed by atoms with van der Waals surface area (Å²) in [4.78, 5) is 18.1. The van der Waals surface area contributed by atoms with E-state index in [9.17, 15) is 9.90 Å². The number of rotatable bonds is 1. The van der Waals surface area contributed by atoms with Gasteiger partial charge in [-0.2, -0.15) is 4.98 Å². The zero-order valence-electron chi connectivity index (χ0n) is 9.41. The summed E-state index contributed by atoms with van der Waals surface area (Å²) in [6.07, 6.45) is 0. The van der Waals surface area contributed by atoms with Crippen LogP contribution in [-0.4, -0.2) is 15.1 Å². The Bertz CT molecular complexity index is 635. The molecule has 2 aromatic rings. The second-order valence-electron chi connectivity index (χ2n) is 3.83. The van der Waals surface area contributed by atoms with E-state index in [1.807, 2.05) is 25.1 Å². The van der Waals surface area contributed by atoms with Crippen molar-refractivity contribution in [1.29, 1.82) is 0 Å². The minimum atomic E-state index is -0.329. The van der Waals surface area contributed by atoms with Crippen molar-refractivity contribution >= 4 is 15.9 Å². The highest BCUT2D eigenvalue weighted by atomic mass is 79.9. The molecule has 0 amide bonds. The Kier molecular flexibility index (Phi) is 3.02. The molecule has 0 unspecified atom stereocenters. The zero-order chi connectivity index (χ0) is 12.6. The molecule has 4 nitrogen and oxygen atoms in total. The van der Waals surface area contributed by atoms with E-state index in [1.54, 1.807) is 0 Å². The maximum atomic E-state index is 11.5. The molecule has 0 radical (unpaired) electrons. The van der Waals surface area contributed by atoms with Crippen LogP contribution in [-0.2, 0) is 0 Å². The van der Waals surface area contributed by atoms with Crippen molar-refractivity contribution < 1.29 is 5.11 Å². The molecule has 88 valence electrons. The average Bonchev–Trinajstić information content (AvgIpc) is 2.29. The number of aromatic hydroxyl groups is 1. The van der Waals surface area contributed by atoms with Crippen LogP contribution in [0.1, 0.15) is 11.1 Å². The third-order valence-electron chi connectivity index (χ3n) is 2.57. The van der Waals surface area contributed by atoms with Crippen molar-refractivity contribution in [3.8, 4) is 17.3 Å². The fourth-order valence-corrected chi connectivity index (χ4v) is 1.78. The molecular weight excluding hydrogens is 284 g/mol. The Labute approximate surface area is 106 Å². The minimum absolute atomic E-state index is 0.222. The monoisotopic (exact) mass is 294 g/mol. The molecular formula is C12H11BrN2O2. The third-order valence-corrected chi connectivity index (χ3v) is 3.43. The fraction of sp³-hybridized carbons (Fsp3) is 0.167. The van der Waals surface area contributed by atoms with Crippen LogP contribution in [0.2, 0.25) is 0 Å². The summed E-state index contributed by atoms with van der Waals surface area (Å²) in [7, 11) is 0. The van der Waals surface area contributed by atoms with Crippen LogP contribution in [0.15, 0.2) is 27.5 Å². The predicted molar refractivity (Wildman–Crippen MR) is 69.1 cm³/mol. The highest BCUT2D eigenvalue weighted by molar-refractivity contribution is 9.10. The smallest absolute Gasteiger partial charge is 0.257 e. The summed E-state index contributed by atoms with van der Waals surface area (Å²) < 4.78 is 0.928. The van der Waals surface area contributed by atoms with E-state index in [-0.39, 0.29) is 17.0 Å². The average molecular weight is 295 g/mol. The number of nitrogens with one attached hydrogen (secondary N) is 1. The van der Waals surface area contributed by atoms with Gasteiger partial charge in [0.2, 0.25) is 5.88 Å². The maximum Gasteiger partial charge on any atom is 0.257 e. The van der Waals surface area contributed by atoms with E-state index in [4.69, 9.17) is 0 Å². The van der Waals surface area contributed by atoms with Gasteiger partial charge in [0.05, 0.1) is 5.56 Å². The van der Waals surface area contributed by atoms with Crippen molar-refractivity contribution in [2.45, 2.75) is 13.8 Å². The lowest BCUT2D eigenvalue weighted by Gasteiger charge is -2.05. The van der Waals surface area contributed by atoms with Crippen molar-refractivity contribution in [1.82, 2.24) is 9.97 Å². The molecule has 1 aromatic heterocycles. The first kappa shape index (κ1) is 11.9. The molecule has 0 aliphatic rings. The first-order chi connectivity index (χ1) is 7.99. The number of H-pyrrole nitrogens is 1. The van der Waals surface area contributed by atoms with Crippen molar-refractivity contribution in [2.75, 3.05) is 0 Å². The van der Waals surface area contributed by atoms with Gasteiger partial charge in [0.1, 0.15) is 5.82 Å². The zero-order valence-corrected chi connectivity index (χ0v) is 11.0. The Morgan fingerprint density at radius 1 is 1.35 bits per heavy atom. The molecule has 0 aliphatic carbocycles. The van der Waals surface area contributed by atoms with Crippen LogP contribution in [0.25, 0.3) is 11.4 Å². The lowest BCUT2D eigenvalue weighted by atomic mass is 10.1. The normalized spacial score (nSPS) is 10.5. The van der Waals surface area contributed by atoms with Gasteiger partial charge in [0, 0.05) is 10.0 Å². The summed E-state index contributed by atoms with van der Waals surface area (Å²) in [6.45, 7) is 3.49. The van der Waals surface area contributed by atoms with Crippen LogP contribution in [0.3, 0.4) is 0 Å². The number of aromatic nitrogens is 2. The molecule has 0 fully saturated rings. The fourth-order valence-electron chi connectivity index (χ4n) is 1.40. The molecule has 0 spiro atoms. The van der Waals surface area contributed by atoms with Gasteiger partial charge in [-0.15, -0.1) is 0 Å². The van der Waals surface area contributed by atoms with Gasteiger partial charge in [0.25, 0.3) is 5.56 Å². The van der Waals surface area contributed by atoms with Gasteiger partial charge in [-0.25, -0.2) is 0 Å². The maximum absolute atomic E-state index is 11.5. The lowest BCUT2D eigenvalue weighted by molar-refractivity contribution is 0.447. The molecule has 17 heavy (non-hydrogen) atoms. The second-order valence-corrected chi connectivity index (χ2v) is 4.68. The Hall–Kier alpha value is -1.62. The highest BCUT2D eigenvalue weighted by Gasteiger charge is 2.08. The summed E-state index contributed by atoms with van der Waals surface area (Å²) in [6, 6.07) is 5.60. The van der Waals surface area contributed by atoms with E-state index < -0.39 is 0 Å². The van der Waals surface area contributed by atoms with Crippen LogP contribution < -0.4 is 5.56 Å². The van der Waals surface area contributed by atoms with Crippen LogP contribution in [0.5, 0.6) is 5.88 Å². The predicted octanol–water partition coefficient (Wildman–Crippen LogP) is 2.52. The van der Waals surface area contributed by atoms with Crippen molar-refractivity contribution in [2.24, 2.45) is 0 Å². The Morgan fingerprint density at radius 2 is 2.06 bits per heavy atom. The molecule has 0 saturated carbocycles. The standard InChI is InChI=1S/C12H11BrN2O2/c1-6-3-4-8(5-9(6)13)10-14-11(16)7(2)12(17)15-10/h3-5H,1-2H3,(H2,14,15,16,17). The lowest BCUT2D eigenvalue weighted by Crippen LogP contribution is -2.12.